The molecule has 19 heavy (non-hydrogen) atoms. The van der Waals surface area contributed by atoms with Crippen LogP contribution in [-0.2, 0) is 0 Å². The molecule has 0 radical (unpaired) electrons. The molecule has 4 nitrogen and oxygen atoms in total. The minimum absolute atomic E-state index is 0.183. The number of furan rings is 1. The van der Waals surface area contributed by atoms with Gasteiger partial charge in [0.05, 0.1) is 5.69 Å². The average Bonchev–Trinajstić information content (AvgIpc) is 2.79. The van der Waals surface area contributed by atoms with E-state index in [0.29, 0.717) is 4.67 Å². The second-order valence-electron chi connectivity index (χ2n) is 3.49. The first-order valence-electron chi connectivity index (χ1n) is 5.18. The lowest BCUT2D eigenvalue weighted by molar-refractivity contribution is 0.0949. The third kappa shape index (κ3) is 3.89. The number of benzene rings is 1. The highest BCUT2D eigenvalue weighted by molar-refractivity contribution is 9.10. The van der Waals surface area contributed by atoms with E-state index < -0.39 is 5.91 Å². The fourth-order valence-electron chi connectivity index (χ4n) is 1.32. The molecule has 1 amide bonds. The van der Waals surface area contributed by atoms with Crippen molar-refractivity contribution >= 4 is 60.8 Å². The maximum Gasteiger partial charge on any atom is 0.293 e. The zero-order chi connectivity index (χ0) is 13.8. The van der Waals surface area contributed by atoms with Crippen molar-refractivity contribution in [3.8, 4) is 0 Å². The van der Waals surface area contributed by atoms with E-state index in [4.69, 9.17) is 16.6 Å². The summed E-state index contributed by atoms with van der Waals surface area (Å²) in [6.07, 6.45) is 0. The molecule has 0 spiro atoms. The molecule has 0 atom stereocenters. The van der Waals surface area contributed by atoms with Gasteiger partial charge >= 0.3 is 0 Å². The maximum atomic E-state index is 11.8. The molecule has 0 aliphatic carbocycles. The number of carbonyl (C=O) groups excluding carboxylic acids is 1. The smallest absolute Gasteiger partial charge is 0.293 e. The summed E-state index contributed by atoms with van der Waals surface area (Å²) < 4.78 is 6.47. The van der Waals surface area contributed by atoms with Crippen LogP contribution in [0.2, 0.25) is 0 Å². The number of nitrogens with one attached hydrogen (secondary N) is 2. The molecule has 2 aromatic rings. The van der Waals surface area contributed by atoms with E-state index in [1.54, 1.807) is 12.1 Å². The Morgan fingerprint density at radius 3 is 2.53 bits per heavy atom. The predicted octanol–water partition coefficient (Wildman–Crippen LogP) is 3.93. The summed E-state index contributed by atoms with van der Waals surface area (Å²) in [5.41, 5.74) is 0.772. The van der Waals surface area contributed by atoms with Crippen molar-refractivity contribution in [1.29, 1.82) is 0 Å². The summed E-state index contributed by atoms with van der Waals surface area (Å²) in [4.78, 5) is 11.8. The van der Waals surface area contributed by atoms with E-state index in [1.165, 1.54) is 0 Å². The van der Waals surface area contributed by atoms with E-state index >= 15 is 0 Å². The molecule has 0 saturated heterocycles. The molecule has 98 valence electrons. The first kappa shape index (κ1) is 14.2. The molecule has 1 heterocycles. The van der Waals surface area contributed by atoms with Gasteiger partial charge in [0.15, 0.2) is 15.5 Å². The van der Waals surface area contributed by atoms with Crippen molar-refractivity contribution in [3.63, 3.8) is 0 Å². The van der Waals surface area contributed by atoms with Crippen LogP contribution in [0.1, 0.15) is 10.6 Å². The highest BCUT2D eigenvalue weighted by Crippen LogP contribution is 2.21. The quantitative estimate of drug-likeness (QED) is 0.746. The minimum atomic E-state index is -0.407. The molecule has 2 N–H and O–H groups in total. The zero-order valence-electron chi connectivity index (χ0n) is 9.44. The lowest BCUT2D eigenvalue weighted by atomic mass is 10.3. The Bertz CT molecular complexity index is 628. The van der Waals surface area contributed by atoms with Crippen molar-refractivity contribution < 1.29 is 9.21 Å². The van der Waals surface area contributed by atoms with E-state index in [0.717, 1.165) is 10.2 Å². The molecule has 0 bridgehead atoms. The van der Waals surface area contributed by atoms with E-state index in [2.05, 4.69) is 42.5 Å². The largest absolute Gasteiger partial charge is 0.444 e. The van der Waals surface area contributed by atoms with Gasteiger partial charge in [-0.2, -0.15) is 0 Å². The van der Waals surface area contributed by atoms with Gasteiger partial charge in [-0.15, -0.1) is 0 Å². The number of rotatable bonds is 2. The molecule has 0 aliphatic heterocycles. The van der Waals surface area contributed by atoms with Crippen molar-refractivity contribution in [2.45, 2.75) is 0 Å². The van der Waals surface area contributed by atoms with E-state index in [1.807, 2.05) is 24.3 Å². The third-order valence-electron chi connectivity index (χ3n) is 2.15. The topological polar surface area (TPSA) is 54.3 Å². The number of amides is 1. The molecule has 7 heteroatoms. The van der Waals surface area contributed by atoms with Gasteiger partial charge in [-0.05, 0) is 68.3 Å². The Morgan fingerprint density at radius 2 is 1.89 bits per heavy atom. The Hall–Kier alpha value is -1.18. The van der Waals surface area contributed by atoms with Crippen molar-refractivity contribution in [2.24, 2.45) is 0 Å². The van der Waals surface area contributed by atoms with Gasteiger partial charge < -0.3 is 9.73 Å². The second-order valence-corrected chi connectivity index (χ2v) is 5.54. The lowest BCUT2D eigenvalue weighted by Crippen LogP contribution is -2.33. The summed E-state index contributed by atoms with van der Waals surface area (Å²) in [5.74, 6) is -0.224. The molecule has 1 aromatic heterocycles. The number of halogens is 2. The Balaban J connectivity index is 1.99. The van der Waals surface area contributed by atoms with E-state index in [-0.39, 0.29) is 10.9 Å². The van der Waals surface area contributed by atoms with Gasteiger partial charge in [0.2, 0.25) is 0 Å². The first-order valence-corrected chi connectivity index (χ1v) is 7.18. The van der Waals surface area contributed by atoms with Crippen LogP contribution in [0.15, 0.2) is 50.0 Å². The predicted molar refractivity (Wildman–Crippen MR) is 84.2 cm³/mol. The second kappa shape index (κ2) is 6.31. The molecule has 0 unspecified atom stereocenters. The van der Waals surface area contributed by atoms with Gasteiger partial charge in [-0.25, -0.2) is 0 Å². The zero-order valence-corrected chi connectivity index (χ0v) is 13.4. The third-order valence-corrected chi connectivity index (χ3v) is 3.47. The molecule has 0 aliphatic rings. The van der Waals surface area contributed by atoms with Crippen LogP contribution in [-0.4, -0.2) is 11.0 Å². The van der Waals surface area contributed by atoms with Crippen molar-refractivity contribution in [2.75, 3.05) is 5.32 Å². The van der Waals surface area contributed by atoms with Crippen LogP contribution in [0.3, 0.4) is 0 Å². The highest BCUT2D eigenvalue weighted by atomic mass is 79.9. The number of hydrogen-bond donors (Lipinski definition) is 2. The summed E-state index contributed by atoms with van der Waals surface area (Å²) >= 11 is 11.6. The fraction of sp³-hybridized carbons (Fsp3) is 0. The van der Waals surface area contributed by atoms with Gasteiger partial charge in [-0.1, -0.05) is 12.1 Å². The lowest BCUT2D eigenvalue weighted by Gasteiger charge is -2.09. The van der Waals surface area contributed by atoms with Crippen LogP contribution in [0.25, 0.3) is 0 Å². The van der Waals surface area contributed by atoms with Gasteiger partial charge in [0.25, 0.3) is 5.91 Å². The van der Waals surface area contributed by atoms with Crippen LogP contribution < -0.4 is 10.6 Å². The van der Waals surface area contributed by atoms with Crippen LogP contribution in [0, 0.1) is 0 Å². The SMILES string of the molecule is O=C(NC(=S)Nc1ccccc1Br)c1ccc(Br)o1. The van der Waals surface area contributed by atoms with Crippen LogP contribution in [0.5, 0.6) is 0 Å². The Kier molecular flexibility index (Phi) is 4.73. The van der Waals surface area contributed by atoms with Gasteiger partial charge in [-0.3, -0.25) is 10.1 Å². The summed E-state index contributed by atoms with van der Waals surface area (Å²) in [7, 11) is 0. The van der Waals surface area contributed by atoms with Crippen molar-refractivity contribution in [1.82, 2.24) is 5.32 Å². The summed E-state index contributed by atoms with van der Waals surface area (Å²) in [6.45, 7) is 0. The number of anilines is 1. The van der Waals surface area contributed by atoms with Crippen molar-refractivity contribution in [3.05, 3.63) is 51.3 Å². The maximum absolute atomic E-state index is 11.8. The molecule has 0 fully saturated rings. The standard InChI is InChI=1S/C12H8Br2N2O2S/c13-7-3-1-2-4-8(7)15-12(19)16-11(17)9-5-6-10(14)18-9/h1-6H,(H2,15,16,17,19). The van der Waals surface area contributed by atoms with E-state index in [9.17, 15) is 4.79 Å². The van der Waals surface area contributed by atoms with Gasteiger partial charge in [0.1, 0.15) is 0 Å². The highest BCUT2D eigenvalue weighted by Gasteiger charge is 2.12. The minimum Gasteiger partial charge on any atom is -0.444 e. The fourth-order valence-corrected chi connectivity index (χ4v) is 2.21. The molecule has 0 saturated carbocycles. The summed E-state index contributed by atoms with van der Waals surface area (Å²) in [5, 5.41) is 5.65. The summed E-state index contributed by atoms with van der Waals surface area (Å²) in [6, 6.07) is 10.7. The van der Waals surface area contributed by atoms with Crippen LogP contribution in [0.4, 0.5) is 5.69 Å². The molecule has 2 rings (SSSR count). The Labute approximate surface area is 131 Å². The molecular formula is C12H8Br2N2O2S. The normalized spacial score (nSPS) is 10.0. The number of hydrogen-bond acceptors (Lipinski definition) is 3. The number of thiocarbonyl (C=S) groups is 1. The number of para-hydroxylation sites is 1. The first-order chi connectivity index (χ1) is 9.06. The molecular weight excluding hydrogens is 396 g/mol. The van der Waals surface area contributed by atoms with Gasteiger partial charge in [0, 0.05) is 4.47 Å². The monoisotopic (exact) mass is 402 g/mol. The average molecular weight is 404 g/mol. The van der Waals surface area contributed by atoms with Crippen LogP contribution >= 0.6 is 44.1 Å². The number of carbonyl (C=O) groups is 1. The molecule has 1 aromatic carbocycles. The Morgan fingerprint density at radius 1 is 1.16 bits per heavy atom.